The van der Waals surface area contributed by atoms with Crippen LogP contribution in [0.25, 0.3) is 11.0 Å². The molecule has 2 heterocycles. The Morgan fingerprint density at radius 1 is 1.24 bits per heavy atom. The summed E-state index contributed by atoms with van der Waals surface area (Å²) in [6.45, 7) is 3.12. The smallest absolute Gasteiger partial charge is 0.148 e. The normalized spacial score (nSPS) is 12.9. The van der Waals surface area contributed by atoms with Crippen LogP contribution in [0.3, 0.4) is 0 Å². The van der Waals surface area contributed by atoms with E-state index in [2.05, 4.69) is 67.0 Å². The van der Waals surface area contributed by atoms with Crippen molar-refractivity contribution in [2.45, 2.75) is 19.4 Å². The van der Waals surface area contributed by atoms with Gasteiger partial charge in [-0.1, -0.05) is 19.1 Å². The Balaban J connectivity index is 2.05. The standard InChI is InChI=1S/C16H15Br2NOS/c1-2-6-19-15(11-8-21-9-13(11)18)14-7-10-4-3-5-12(17)16(10)20-14/h3-5,7-9,15,19H,2,6H2,1H3. The van der Waals surface area contributed by atoms with Gasteiger partial charge in [0.1, 0.15) is 11.3 Å². The molecular weight excluding hydrogens is 414 g/mol. The van der Waals surface area contributed by atoms with E-state index in [1.54, 1.807) is 11.3 Å². The van der Waals surface area contributed by atoms with Crippen LogP contribution >= 0.6 is 43.2 Å². The maximum Gasteiger partial charge on any atom is 0.148 e. The molecule has 2 aromatic heterocycles. The SMILES string of the molecule is CCCNC(c1cc2cccc(Br)c2o1)c1cscc1Br. The summed E-state index contributed by atoms with van der Waals surface area (Å²) < 4.78 is 8.23. The highest BCUT2D eigenvalue weighted by Gasteiger charge is 2.21. The van der Waals surface area contributed by atoms with Crippen molar-refractivity contribution in [1.29, 1.82) is 0 Å². The van der Waals surface area contributed by atoms with Gasteiger partial charge in [-0.15, -0.1) is 0 Å². The molecule has 0 saturated heterocycles. The molecule has 0 aliphatic heterocycles. The van der Waals surface area contributed by atoms with Gasteiger partial charge < -0.3 is 9.73 Å². The molecule has 0 fully saturated rings. The summed E-state index contributed by atoms with van der Waals surface area (Å²) in [7, 11) is 0. The van der Waals surface area contributed by atoms with Crippen molar-refractivity contribution in [3.8, 4) is 0 Å². The van der Waals surface area contributed by atoms with Crippen LogP contribution in [-0.2, 0) is 0 Å². The lowest BCUT2D eigenvalue weighted by atomic mass is 10.1. The number of thiophene rings is 1. The van der Waals surface area contributed by atoms with E-state index in [4.69, 9.17) is 4.42 Å². The van der Waals surface area contributed by atoms with E-state index in [0.717, 1.165) is 38.6 Å². The van der Waals surface area contributed by atoms with E-state index in [-0.39, 0.29) is 6.04 Å². The fraction of sp³-hybridized carbons (Fsp3) is 0.250. The van der Waals surface area contributed by atoms with Crippen LogP contribution in [0.15, 0.2) is 48.4 Å². The first-order valence-corrected chi connectivity index (χ1v) is 9.36. The molecule has 1 N–H and O–H groups in total. The van der Waals surface area contributed by atoms with E-state index in [9.17, 15) is 0 Å². The second-order valence-corrected chi connectivity index (χ2v) is 7.32. The minimum atomic E-state index is 0.0740. The second kappa shape index (κ2) is 6.65. The first-order chi connectivity index (χ1) is 10.2. The van der Waals surface area contributed by atoms with Gasteiger partial charge in [-0.05, 0) is 62.3 Å². The minimum absolute atomic E-state index is 0.0740. The van der Waals surface area contributed by atoms with Gasteiger partial charge in [0, 0.05) is 20.8 Å². The lowest BCUT2D eigenvalue weighted by Crippen LogP contribution is -2.22. The minimum Gasteiger partial charge on any atom is -0.458 e. The van der Waals surface area contributed by atoms with Gasteiger partial charge in [0.05, 0.1) is 10.5 Å². The number of hydrogen-bond donors (Lipinski definition) is 1. The molecule has 1 unspecified atom stereocenters. The highest BCUT2D eigenvalue weighted by molar-refractivity contribution is 9.11. The topological polar surface area (TPSA) is 25.2 Å². The molecule has 2 nitrogen and oxygen atoms in total. The van der Waals surface area contributed by atoms with Crippen molar-refractivity contribution >= 4 is 54.2 Å². The average Bonchev–Trinajstić information content (AvgIpc) is 3.07. The molecule has 110 valence electrons. The molecule has 1 atom stereocenters. The number of halogens is 2. The Morgan fingerprint density at radius 3 is 2.76 bits per heavy atom. The molecule has 3 aromatic rings. The molecule has 0 amide bonds. The zero-order valence-electron chi connectivity index (χ0n) is 11.5. The molecule has 0 bridgehead atoms. The Labute approximate surface area is 144 Å². The molecule has 5 heteroatoms. The zero-order chi connectivity index (χ0) is 14.8. The number of fused-ring (bicyclic) bond motifs is 1. The van der Waals surface area contributed by atoms with Crippen molar-refractivity contribution in [3.05, 3.63) is 55.3 Å². The molecule has 0 aliphatic rings. The van der Waals surface area contributed by atoms with Gasteiger partial charge in [-0.2, -0.15) is 11.3 Å². The second-order valence-electron chi connectivity index (χ2n) is 4.87. The summed E-state index contributed by atoms with van der Waals surface area (Å²) in [5.74, 6) is 0.949. The van der Waals surface area contributed by atoms with E-state index in [1.807, 2.05) is 12.1 Å². The van der Waals surface area contributed by atoms with Crippen LogP contribution in [0.5, 0.6) is 0 Å². The fourth-order valence-corrected chi connectivity index (χ4v) is 4.35. The quantitative estimate of drug-likeness (QED) is 0.530. The number of para-hydroxylation sites is 1. The van der Waals surface area contributed by atoms with Gasteiger partial charge in [-0.3, -0.25) is 0 Å². The molecule has 0 aliphatic carbocycles. The number of furan rings is 1. The van der Waals surface area contributed by atoms with Crippen molar-refractivity contribution in [3.63, 3.8) is 0 Å². The Bertz CT molecular complexity index is 750. The van der Waals surface area contributed by atoms with Gasteiger partial charge in [-0.25, -0.2) is 0 Å². The lowest BCUT2D eigenvalue weighted by Gasteiger charge is -2.15. The van der Waals surface area contributed by atoms with Crippen LogP contribution in [0.4, 0.5) is 0 Å². The summed E-state index contributed by atoms with van der Waals surface area (Å²) in [5, 5.41) is 8.97. The fourth-order valence-electron chi connectivity index (χ4n) is 2.34. The molecule has 0 saturated carbocycles. The highest BCUT2D eigenvalue weighted by atomic mass is 79.9. The highest BCUT2D eigenvalue weighted by Crippen LogP contribution is 2.36. The van der Waals surface area contributed by atoms with Crippen LogP contribution < -0.4 is 5.32 Å². The van der Waals surface area contributed by atoms with E-state index < -0.39 is 0 Å². The summed E-state index contributed by atoms with van der Waals surface area (Å²) in [4.78, 5) is 0. The third kappa shape index (κ3) is 3.11. The van der Waals surface area contributed by atoms with Crippen LogP contribution in [0.1, 0.15) is 30.7 Å². The number of benzene rings is 1. The lowest BCUT2D eigenvalue weighted by molar-refractivity contribution is 0.469. The first kappa shape index (κ1) is 15.3. The van der Waals surface area contributed by atoms with Gasteiger partial charge in [0.25, 0.3) is 0 Å². The molecule has 0 radical (unpaired) electrons. The van der Waals surface area contributed by atoms with Crippen LogP contribution in [0.2, 0.25) is 0 Å². The summed E-state index contributed by atoms with van der Waals surface area (Å²) in [5.41, 5.74) is 2.13. The van der Waals surface area contributed by atoms with E-state index in [1.165, 1.54) is 5.56 Å². The maximum atomic E-state index is 6.11. The first-order valence-electron chi connectivity index (χ1n) is 6.83. The molecule has 3 rings (SSSR count). The van der Waals surface area contributed by atoms with Gasteiger partial charge in [0.2, 0.25) is 0 Å². The van der Waals surface area contributed by atoms with Gasteiger partial charge in [0.15, 0.2) is 0 Å². The van der Waals surface area contributed by atoms with Crippen molar-refractivity contribution in [2.24, 2.45) is 0 Å². The Kier molecular flexibility index (Phi) is 4.84. The van der Waals surface area contributed by atoms with Crippen molar-refractivity contribution in [1.82, 2.24) is 5.32 Å². The Morgan fingerprint density at radius 2 is 2.10 bits per heavy atom. The monoisotopic (exact) mass is 427 g/mol. The number of rotatable bonds is 5. The summed E-state index contributed by atoms with van der Waals surface area (Å²) in [6, 6.07) is 8.31. The molecular formula is C16H15Br2NOS. The Hall–Kier alpha value is -0.620. The maximum absolute atomic E-state index is 6.11. The molecule has 1 aromatic carbocycles. The van der Waals surface area contributed by atoms with E-state index >= 15 is 0 Å². The van der Waals surface area contributed by atoms with Crippen LogP contribution in [-0.4, -0.2) is 6.54 Å². The summed E-state index contributed by atoms with van der Waals surface area (Å²) in [6.07, 6.45) is 1.09. The molecule has 0 spiro atoms. The number of hydrogen-bond acceptors (Lipinski definition) is 3. The third-order valence-electron chi connectivity index (χ3n) is 3.35. The third-order valence-corrected chi connectivity index (χ3v) is 5.73. The van der Waals surface area contributed by atoms with Crippen molar-refractivity contribution < 1.29 is 4.42 Å². The average molecular weight is 429 g/mol. The zero-order valence-corrected chi connectivity index (χ0v) is 15.5. The van der Waals surface area contributed by atoms with Crippen molar-refractivity contribution in [2.75, 3.05) is 6.54 Å². The van der Waals surface area contributed by atoms with Gasteiger partial charge >= 0.3 is 0 Å². The van der Waals surface area contributed by atoms with Crippen LogP contribution in [0, 0.1) is 0 Å². The molecule has 21 heavy (non-hydrogen) atoms. The predicted octanol–water partition coefficient (Wildman–Crippen LogP) is 6.11. The van der Waals surface area contributed by atoms with E-state index in [0.29, 0.717) is 0 Å². The largest absolute Gasteiger partial charge is 0.458 e. The summed E-state index contributed by atoms with van der Waals surface area (Å²) >= 11 is 8.88. The predicted molar refractivity (Wildman–Crippen MR) is 96.1 cm³/mol. The number of nitrogens with one attached hydrogen (secondary N) is 1.